The van der Waals surface area contributed by atoms with Gasteiger partial charge in [-0.3, -0.25) is 4.79 Å². The molecule has 0 fully saturated rings. The molecule has 0 aromatic heterocycles. The first kappa shape index (κ1) is 13.7. The number of aryl methyl sites for hydroxylation is 2. The van der Waals surface area contributed by atoms with Gasteiger partial charge in [0.05, 0.1) is 6.61 Å². The van der Waals surface area contributed by atoms with E-state index < -0.39 is 0 Å². The Kier molecular flexibility index (Phi) is 3.65. The van der Waals surface area contributed by atoms with Crippen LogP contribution in [-0.2, 0) is 0 Å². The van der Waals surface area contributed by atoms with E-state index in [-0.39, 0.29) is 11.8 Å². The number of rotatable bonds is 3. The van der Waals surface area contributed by atoms with Crippen molar-refractivity contribution in [2.24, 2.45) is 0 Å². The zero-order valence-corrected chi connectivity index (χ0v) is 12.3. The van der Waals surface area contributed by atoms with Gasteiger partial charge >= 0.3 is 0 Å². The van der Waals surface area contributed by atoms with Crippen molar-refractivity contribution in [2.45, 2.75) is 19.8 Å². The number of benzene rings is 2. The first-order valence-corrected chi connectivity index (χ1v) is 7.22. The highest BCUT2D eigenvalue weighted by Gasteiger charge is 2.24. The Morgan fingerprint density at radius 3 is 2.81 bits per heavy atom. The second kappa shape index (κ2) is 5.60. The first-order chi connectivity index (χ1) is 10.1. The lowest BCUT2D eigenvalue weighted by Crippen LogP contribution is -2.29. The molecule has 0 radical (unpaired) electrons. The van der Waals surface area contributed by atoms with E-state index in [1.54, 1.807) is 0 Å². The molecule has 21 heavy (non-hydrogen) atoms. The molecule has 3 heteroatoms. The average molecular weight is 281 g/mol. The van der Waals surface area contributed by atoms with Crippen molar-refractivity contribution in [3.05, 3.63) is 64.7 Å². The minimum absolute atomic E-state index is 0.0255. The van der Waals surface area contributed by atoms with Crippen molar-refractivity contribution in [3.63, 3.8) is 0 Å². The Hall–Kier alpha value is -2.29. The van der Waals surface area contributed by atoms with Crippen LogP contribution in [0.25, 0.3) is 0 Å². The normalized spacial score (nSPS) is 16.2. The first-order valence-electron chi connectivity index (χ1n) is 7.22. The molecule has 108 valence electrons. The summed E-state index contributed by atoms with van der Waals surface area (Å²) in [4.78, 5) is 12.2. The van der Waals surface area contributed by atoms with Crippen molar-refractivity contribution >= 4 is 5.91 Å². The van der Waals surface area contributed by atoms with Crippen molar-refractivity contribution in [1.82, 2.24) is 5.32 Å². The second-order valence-corrected chi connectivity index (χ2v) is 5.55. The average Bonchev–Trinajstić information content (AvgIpc) is 2.91. The van der Waals surface area contributed by atoms with E-state index in [4.69, 9.17) is 4.74 Å². The van der Waals surface area contributed by atoms with Crippen LogP contribution in [0.15, 0.2) is 42.5 Å². The van der Waals surface area contributed by atoms with Crippen molar-refractivity contribution < 1.29 is 9.53 Å². The lowest BCUT2D eigenvalue weighted by molar-refractivity contribution is 0.0950. The SMILES string of the molecule is Cc1ccc(C(=O)NCC2COc3ccccc32)cc1C. The number of fused-ring (bicyclic) bond motifs is 1. The van der Waals surface area contributed by atoms with E-state index in [1.807, 2.05) is 50.2 Å². The highest BCUT2D eigenvalue weighted by atomic mass is 16.5. The lowest BCUT2D eigenvalue weighted by Gasteiger charge is -2.11. The summed E-state index contributed by atoms with van der Waals surface area (Å²) in [6.45, 7) is 5.30. The Balaban J connectivity index is 1.66. The molecule has 3 nitrogen and oxygen atoms in total. The third-order valence-corrected chi connectivity index (χ3v) is 4.08. The Morgan fingerprint density at radius 1 is 1.19 bits per heavy atom. The van der Waals surface area contributed by atoms with Gasteiger partial charge in [0.2, 0.25) is 0 Å². The zero-order valence-electron chi connectivity index (χ0n) is 12.3. The highest BCUT2D eigenvalue weighted by Crippen LogP contribution is 2.32. The predicted molar refractivity (Wildman–Crippen MR) is 82.9 cm³/mol. The van der Waals surface area contributed by atoms with Crippen molar-refractivity contribution in [2.75, 3.05) is 13.2 Å². The van der Waals surface area contributed by atoms with Crippen LogP contribution < -0.4 is 10.1 Å². The molecular weight excluding hydrogens is 262 g/mol. The fourth-order valence-electron chi connectivity index (χ4n) is 2.60. The molecule has 2 aromatic carbocycles. The molecule has 0 aliphatic carbocycles. The summed E-state index contributed by atoms with van der Waals surface area (Å²) in [5, 5.41) is 3.01. The molecular formula is C18H19NO2. The number of hydrogen-bond acceptors (Lipinski definition) is 2. The minimum Gasteiger partial charge on any atom is -0.493 e. The summed E-state index contributed by atoms with van der Waals surface area (Å²) < 4.78 is 5.63. The van der Waals surface area contributed by atoms with Gasteiger partial charge in [0.15, 0.2) is 0 Å². The van der Waals surface area contributed by atoms with Crippen LogP contribution in [0.2, 0.25) is 0 Å². The maximum Gasteiger partial charge on any atom is 0.251 e. The monoisotopic (exact) mass is 281 g/mol. The fourth-order valence-corrected chi connectivity index (χ4v) is 2.60. The maximum absolute atomic E-state index is 12.2. The summed E-state index contributed by atoms with van der Waals surface area (Å²) in [6.07, 6.45) is 0. The quantitative estimate of drug-likeness (QED) is 0.938. The molecule has 2 aromatic rings. The van der Waals surface area contributed by atoms with Gasteiger partial charge in [-0.25, -0.2) is 0 Å². The summed E-state index contributed by atoms with van der Waals surface area (Å²) in [6, 6.07) is 13.8. The van der Waals surface area contributed by atoms with Crippen LogP contribution in [0.4, 0.5) is 0 Å². The summed E-state index contributed by atoms with van der Waals surface area (Å²) >= 11 is 0. The van der Waals surface area contributed by atoms with Gasteiger partial charge < -0.3 is 10.1 Å². The summed E-state index contributed by atoms with van der Waals surface area (Å²) in [7, 11) is 0. The molecule has 1 atom stereocenters. The third-order valence-electron chi connectivity index (χ3n) is 4.08. The molecule has 1 unspecified atom stereocenters. The van der Waals surface area contributed by atoms with E-state index in [1.165, 1.54) is 11.1 Å². The third kappa shape index (κ3) is 2.77. The van der Waals surface area contributed by atoms with Crippen LogP contribution in [0.5, 0.6) is 5.75 Å². The number of hydrogen-bond donors (Lipinski definition) is 1. The van der Waals surface area contributed by atoms with Crippen LogP contribution >= 0.6 is 0 Å². The number of carbonyl (C=O) groups excluding carboxylic acids is 1. The Labute approximate surface area is 124 Å². The van der Waals surface area contributed by atoms with Gasteiger partial charge in [-0.15, -0.1) is 0 Å². The van der Waals surface area contributed by atoms with Gasteiger partial charge in [-0.1, -0.05) is 24.3 Å². The van der Waals surface area contributed by atoms with E-state index in [0.717, 1.165) is 11.3 Å². The summed E-state index contributed by atoms with van der Waals surface area (Å²) in [5.74, 6) is 1.14. The fraction of sp³-hybridized carbons (Fsp3) is 0.278. The van der Waals surface area contributed by atoms with E-state index in [9.17, 15) is 4.79 Å². The number of carbonyl (C=O) groups is 1. The smallest absolute Gasteiger partial charge is 0.251 e. The van der Waals surface area contributed by atoms with Crippen LogP contribution in [0.3, 0.4) is 0 Å². The lowest BCUT2D eigenvalue weighted by atomic mass is 10.0. The van der Waals surface area contributed by atoms with E-state index in [2.05, 4.69) is 11.4 Å². The van der Waals surface area contributed by atoms with Gasteiger partial charge in [0.1, 0.15) is 5.75 Å². The molecule has 1 heterocycles. The second-order valence-electron chi connectivity index (χ2n) is 5.55. The van der Waals surface area contributed by atoms with Gasteiger partial charge in [0, 0.05) is 23.6 Å². The Morgan fingerprint density at radius 2 is 2.00 bits per heavy atom. The molecule has 1 N–H and O–H groups in total. The number of para-hydroxylation sites is 1. The van der Waals surface area contributed by atoms with Gasteiger partial charge in [0.25, 0.3) is 5.91 Å². The molecule has 1 aliphatic rings. The van der Waals surface area contributed by atoms with Crippen molar-refractivity contribution in [1.29, 1.82) is 0 Å². The standard InChI is InChI=1S/C18H19NO2/c1-12-7-8-14(9-13(12)2)18(20)19-10-15-11-21-17-6-4-3-5-16(15)17/h3-9,15H,10-11H2,1-2H3,(H,19,20). The number of amides is 1. The molecule has 0 bridgehead atoms. The summed E-state index contributed by atoms with van der Waals surface area (Å²) in [5.41, 5.74) is 4.23. The van der Waals surface area contributed by atoms with Crippen LogP contribution in [-0.4, -0.2) is 19.1 Å². The Bertz CT molecular complexity index is 679. The topological polar surface area (TPSA) is 38.3 Å². The van der Waals surface area contributed by atoms with Crippen molar-refractivity contribution in [3.8, 4) is 5.75 Å². The molecule has 1 aliphatic heterocycles. The number of nitrogens with one attached hydrogen (secondary N) is 1. The minimum atomic E-state index is -0.0255. The zero-order chi connectivity index (χ0) is 14.8. The van der Waals surface area contributed by atoms with Gasteiger partial charge in [-0.2, -0.15) is 0 Å². The largest absolute Gasteiger partial charge is 0.493 e. The molecule has 0 spiro atoms. The molecule has 1 amide bonds. The highest BCUT2D eigenvalue weighted by molar-refractivity contribution is 5.94. The van der Waals surface area contributed by atoms with Crippen LogP contribution in [0, 0.1) is 13.8 Å². The van der Waals surface area contributed by atoms with Gasteiger partial charge in [-0.05, 0) is 43.2 Å². The van der Waals surface area contributed by atoms with Crippen LogP contribution in [0.1, 0.15) is 33.0 Å². The predicted octanol–water partition coefficient (Wildman–Crippen LogP) is 3.21. The number of ether oxygens (including phenoxy) is 1. The maximum atomic E-state index is 12.2. The molecule has 3 rings (SSSR count). The molecule has 0 saturated carbocycles. The van der Waals surface area contributed by atoms with E-state index in [0.29, 0.717) is 18.7 Å². The van der Waals surface area contributed by atoms with E-state index >= 15 is 0 Å². The molecule has 0 saturated heterocycles.